The molecule has 1 aromatic carbocycles. The first kappa shape index (κ1) is 21.3. The van der Waals surface area contributed by atoms with E-state index in [1.807, 2.05) is 0 Å². The molecule has 0 aliphatic carbocycles. The van der Waals surface area contributed by atoms with Crippen molar-refractivity contribution in [2.45, 2.75) is 37.8 Å². The molecule has 150 valence electrons. The van der Waals surface area contributed by atoms with E-state index >= 15 is 0 Å². The summed E-state index contributed by atoms with van der Waals surface area (Å²) in [6.07, 6.45) is 1.21. The lowest BCUT2D eigenvalue weighted by Crippen LogP contribution is -2.47. The number of sulfonamides is 1. The zero-order chi connectivity index (χ0) is 20.8. The Morgan fingerprint density at radius 2 is 1.75 bits per heavy atom. The number of hydrogen-bond acceptors (Lipinski definition) is 6. The number of furan rings is 1. The van der Waals surface area contributed by atoms with Gasteiger partial charge in [-0.3, -0.25) is 9.59 Å². The van der Waals surface area contributed by atoms with Gasteiger partial charge in [0.15, 0.2) is 0 Å². The number of nitrogens with zero attached hydrogens (tertiary/aromatic N) is 1. The van der Waals surface area contributed by atoms with Crippen LogP contribution < -0.4 is 15.5 Å². The van der Waals surface area contributed by atoms with Crippen LogP contribution in [0.5, 0.6) is 0 Å². The van der Waals surface area contributed by atoms with E-state index in [1.54, 1.807) is 51.1 Å². The van der Waals surface area contributed by atoms with Crippen LogP contribution in [0, 0.1) is 0 Å². The highest BCUT2D eigenvalue weighted by Gasteiger charge is 2.19. The van der Waals surface area contributed by atoms with Crippen molar-refractivity contribution >= 4 is 28.1 Å². The first-order chi connectivity index (χ1) is 13.1. The van der Waals surface area contributed by atoms with Crippen molar-refractivity contribution in [1.29, 1.82) is 0 Å². The maximum atomic E-state index is 12.2. The lowest BCUT2D eigenvalue weighted by Gasteiger charge is -2.19. The molecule has 0 aliphatic rings. The van der Waals surface area contributed by atoms with Gasteiger partial charge in [-0.15, -0.1) is 0 Å². The van der Waals surface area contributed by atoms with Gasteiger partial charge in [-0.25, -0.2) is 18.6 Å². The Hall–Kier alpha value is -2.98. The molecule has 0 fully saturated rings. The maximum Gasteiger partial charge on any atom is 0.329 e. The summed E-state index contributed by atoms with van der Waals surface area (Å²) in [7, 11) is -3.65. The van der Waals surface area contributed by atoms with Gasteiger partial charge in [0.05, 0.1) is 17.7 Å². The third-order valence-corrected chi connectivity index (χ3v) is 4.64. The van der Waals surface area contributed by atoms with Gasteiger partial charge in [0.25, 0.3) is 0 Å². The van der Waals surface area contributed by atoms with Crippen molar-refractivity contribution in [3.8, 4) is 0 Å². The molecule has 2 aromatic rings. The average molecular weight is 406 g/mol. The van der Waals surface area contributed by atoms with Gasteiger partial charge >= 0.3 is 11.8 Å². The Labute approximate surface area is 163 Å². The molecule has 0 aliphatic heterocycles. The Bertz CT molecular complexity index is 959. The Balaban J connectivity index is 1.88. The van der Waals surface area contributed by atoms with Gasteiger partial charge in [0, 0.05) is 5.54 Å². The molecular weight excluding hydrogens is 384 g/mol. The zero-order valence-electron chi connectivity index (χ0n) is 15.7. The monoisotopic (exact) mass is 406 g/mol. The van der Waals surface area contributed by atoms with Gasteiger partial charge in [0.2, 0.25) is 10.0 Å². The second kappa shape index (κ2) is 8.81. The van der Waals surface area contributed by atoms with Crippen LogP contribution in [-0.4, -0.2) is 32.0 Å². The molecule has 0 bridgehead atoms. The topological polar surface area (TPSA) is 130 Å². The number of benzene rings is 1. The first-order valence-electron chi connectivity index (χ1n) is 8.36. The summed E-state index contributed by atoms with van der Waals surface area (Å²) >= 11 is 0. The minimum Gasteiger partial charge on any atom is -0.459 e. The van der Waals surface area contributed by atoms with E-state index in [4.69, 9.17) is 4.42 Å². The van der Waals surface area contributed by atoms with Crippen LogP contribution in [0.4, 0.5) is 0 Å². The Morgan fingerprint density at radius 3 is 2.39 bits per heavy atom. The molecule has 2 amide bonds. The first-order valence-corrected chi connectivity index (χ1v) is 9.84. The molecule has 10 heteroatoms. The van der Waals surface area contributed by atoms with E-state index < -0.39 is 27.4 Å². The average Bonchev–Trinajstić information content (AvgIpc) is 3.07. The number of rotatable bonds is 6. The molecule has 9 nitrogen and oxygen atoms in total. The fourth-order valence-electron chi connectivity index (χ4n) is 2.01. The lowest BCUT2D eigenvalue weighted by atomic mass is 10.1. The number of hydrazone groups is 1. The van der Waals surface area contributed by atoms with Crippen LogP contribution in [0.3, 0.4) is 0 Å². The predicted molar refractivity (Wildman–Crippen MR) is 103 cm³/mol. The minimum atomic E-state index is -3.65. The second-order valence-corrected chi connectivity index (χ2v) is 8.61. The molecule has 0 unspecified atom stereocenters. The molecule has 28 heavy (non-hydrogen) atoms. The molecule has 0 spiro atoms. The van der Waals surface area contributed by atoms with Crippen LogP contribution in [0.15, 0.2) is 56.9 Å². The van der Waals surface area contributed by atoms with Crippen LogP contribution in [-0.2, 0) is 26.2 Å². The predicted octanol–water partition coefficient (Wildman–Crippen LogP) is 1.12. The largest absolute Gasteiger partial charge is 0.459 e. The molecular formula is C18H22N4O5S. The van der Waals surface area contributed by atoms with Crippen molar-refractivity contribution < 1.29 is 22.4 Å². The number of hydrogen-bond donors (Lipinski definition) is 3. The van der Waals surface area contributed by atoms with E-state index in [9.17, 15) is 18.0 Å². The Morgan fingerprint density at radius 1 is 1.07 bits per heavy atom. The fourth-order valence-corrected chi connectivity index (χ4v) is 3.03. The molecule has 0 saturated heterocycles. The number of nitrogens with one attached hydrogen (secondary N) is 3. The van der Waals surface area contributed by atoms with Crippen LogP contribution in [0.2, 0.25) is 0 Å². The lowest BCUT2D eigenvalue weighted by molar-refractivity contribution is -0.140. The molecule has 0 radical (unpaired) electrons. The van der Waals surface area contributed by atoms with E-state index in [2.05, 4.69) is 20.6 Å². The molecule has 2 rings (SSSR count). The molecule has 0 atom stereocenters. The summed E-state index contributed by atoms with van der Waals surface area (Å²) < 4.78 is 32.2. The van der Waals surface area contributed by atoms with Crippen LogP contribution in [0.25, 0.3) is 0 Å². The quantitative estimate of drug-likeness (QED) is 0.376. The normalized spacial score (nSPS) is 12.1. The van der Waals surface area contributed by atoms with E-state index in [0.29, 0.717) is 5.76 Å². The Kier molecular flexibility index (Phi) is 6.71. The third kappa shape index (κ3) is 6.63. The van der Waals surface area contributed by atoms with Gasteiger partial charge < -0.3 is 9.73 Å². The standard InChI is InChI=1S/C18H22N4O5S/c1-18(2,3)21-16(23)17(24)22-19-11-13-9-10-14(27-13)12-20-28(25,26)15-7-5-4-6-8-15/h4-11,20H,12H2,1-3H3,(H,21,23)(H,22,24)/b19-11+. The van der Waals surface area contributed by atoms with Crippen LogP contribution >= 0.6 is 0 Å². The van der Waals surface area contributed by atoms with Gasteiger partial charge in [-0.1, -0.05) is 18.2 Å². The van der Waals surface area contributed by atoms with E-state index in [-0.39, 0.29) is 17.2 Å². The second-order valence-electron chi connectivity index (χ2n) is 6.84. The maximum absolute atomic E-state index is 12.2. The number of carbonyl (C=O) groups excluding carboxylic acids is 2. The highest BCUT2D eigenvalue weighted by Crippen LogP contribution is 2.10. The van der Waals surface area contributed by atoms with Crippen molar-refractivity contribution in [3.63, 3.8) is 0 Å². The van der Waals surface area contributed by atoms with Gasteiger partial charge in [-0.05, 0) is 45.0 Å². The van der Waals surface area contributed by atoms with Crippen molar-refractivity contribution in [1.82, 2.24) is 15.5 Å². The summed E-state index contributed by atoms with van der Waals surface area (Å²) in [5, 5.41) is 6.15. The molecule has 0 saturated carbocycles. The van der Waals surface area contributed by atoms with Crippen LogP contribution in [0.1, 0.15) is 32.3 Å². The molecule has 3 N–H and O–H groups in total. The summed E-state index contributed by atoms with van der Waals surface area (Å²) in [6.45, 7) is 5.19. The third-order valence-electron chi connectivity index (χ3n) is 3.23. The number of amides is 2. The molecule has 1 heterocycles. The number of carbonyl (C=O) groups is 2. The zero-order valence-corrected chi connectivity index (χ0v) is 16.5. The minimum absolute atomic E-state index is 0.0502. The fraction of sp³-hybridized carbons (Fsp3) is 0.278. The van der Waals surface area contributed by atoms with Crippen molar-refractivity contribution in [2.75, 3.05) is 0 Å². The van der Waals surface area contributed by atoms with Gasteiger partial charge in [-0.2, -0.15) is 5.10 Å². The highest BCUT2D eigenvalue weighted by atomic mass is 32.2. The molecule has 1 aromatic heterocycles. The summed E-state index contributed by atoms with van der Waals surface area (Å²) in [4.78, 5) is 23.4. The summed E-state index contributed by atoms with van der Waals surface area (Å²) in [6, 6.07) is 11.1. The SMILES string of the molecule is CC(C)(C)NC(=O)C(=O)N/N=C/c1ccc(CNS(=O)(=O)c2ccccc2)o1. The van der Waals surface area contributed by atoms with Gasteiger partial charge in [0.1, 0.15) is 11.5 Å². The van der Waals surface area contributed by atoms with E-state index in [0.717, 1.165) is 0 Å². The van der Waals surface area contributed by atoms with E-state index in [1.165, 1.54) is 18.3 Å². The van der Waals surface area contributed by atoms with Crippen molar-refractivity contribution in [2.24, 2.45) is 5.10 Å². The smallest absolute Gasteiger partial charge is 0.329 e. The van der Waals surface area contributed by atoms with Crippen molar-refractivity contribution in [3.05, 3.63) is 54.0 Å². The highest BCUT2D eigenvalue weighted by molar-refractivity contribution is 7.89. The summed E-state index contributed by atoms with van der Waals surface area (Å²) in [5.74, 6) is -1.07. The summed E-state index contributed by atoms with van der Waals surface area (Å²) in [5.41, 5.74) is 1.55.